The molecule has 0 unspecified atom stereocenters. The zero-order valence-corrected chi connectivity index (χ0v) is 17.0. The number of carbonyl (C=O) groups excluding carboxylic acids is 2. The monoisotopic (exact) mass is 441 g/mol. The molecule has 3 N–H and O–H groups in total. The first-order valence-electron chi connectivity index (χ1n) is 10.1. The molecule has 0 saturated carbocycles. The van der Waals surface area contributed by atoms with Gasteiger partial charge < -0.3 is 15.4 Å². The second-order valence-electron chi connectivity index (χ2n) is 7.75. The summed E-state index contributed by atoms with van der Waals surface area (Å²) < 4.78 is 40.4. The average molecular weight is 441 g/mol. The van der Waals surface area contributed by atoms with E-state index in [4.69, 9.17) is 11.1 Å². The summed E-state index contributed by atoms with van der Waals surface area (Å²) in [6.45, 7) is 4.32. The van der Waals surface area contributed by atoms with Crippen molar-refractivity contribution in [3.05, 3.63) is 29.8 Å². The number of amidine groups is 1. The minimum atomic E-state index is -5.17. The molecule has 2 saturated heterocycles. The number of hydrogen-bond acceptors (Lipinski definition) is 7. The van der Waals surface area contributed by atoms with Crippen LogP contribution in [0.5, 0.6) is 0 Å². The van der Waals surface area contributed by atoms with Crippen LogP contribution >= 0.6 is 0 Å². The molecule has 2 aliphatic rings. The van der Waals surface area contributed by atoms with Crippen molar-refractivity contribution in [2.45, 2.75) is 25.1 Å². The highest BCUT2D eigenvalue weighted by Crippen LogP contribution is 2.22. The molecule has 2 fully saturated rings. The summed E-state index contributed by atoms with van der Waals surface area (Å²) >= 11 is 0. The first kappa shape index (κ1) is 23.0. The van der Waals surface area contributed by atoms with Crippen molar-refractivity contribution in [1.82, 2.24) is 9.80 Å². The van der Waals surface area contributed by atoms with E-state index in [0.717, 1.165) is 44.7 Å². The molecule has 0 aromatic heterocycles. The predicted octanol–water partition coefficient (Wildman–Crippen LogP) is 1.19. The standard InChI is InChI=1S/C20H26F3N5O3/c21-20(22,23)19(30)31-17(29)13-26-7-5-16(6-8-26)28-11-9-27(10-12-28)15-3-1-14(2-4-15)18(24)25/h1-4,16H,5-13H2,(H3,24,25). The molecule has 1 aromatic rings. The highest BCUT2D eigenvalue weighted by Gasteiger charge is 2.42. The van der Waals surface area contributed by atoms with Gasteiger partial charge >= 0.3 is 18.1 Å². The van der Waals surface area contributed by atoms with Crippen LogP contribution in [0.3, 0.4) is 0 Å². The van der Waals surface area contributed by atoms with Gasteiger partial charge in [-0.15, -0.1) is 0 Å². The van der Waals surface area contributed by atoms with Crippen LogP contribution in [0, 0.1) is 5.41 Å². The van der Waals surface area contributed by atoms with Gasteiger partial charge in [0.25, 0.3) is 0 Å². The molecule has 0 aliphatic carbocycles. The number of piperazine rings is 1. The van der Waals surface area contributed by atoms with E-state index >= 15 is 0 Å². The molecule has 31 heavy (non-hydrogen) atoms. The molecule has 0 bridgehead atoms. The van der Waals surface area contributed by atoms with Gasteiger partial charge in [-0.2, -0.15) is 13.2 Å². The molecule has 11 heteroatoms. The number of halogens is 3. The molecule has 0 spiro atoms. The lowest BCUT2D eigenvalue weighted by molar-refractivity contribution is -0.202. The zero-order valence-electron chi connectivity index (χ0n) is 17.0. The van der Waals surface area contributed by atoms with Crippen molar-refractivity contribution in [2.75, 3.05) is 50.7 Å². The second kappa shape index (κ2) is 9.65. The SMILES string of the molecule is N=C(N)c1ccc(N2CCN(C3CCN(CC(=O)OC(=O)C(F)(F)F)CC3)CC2)cc1. The first-order valence-corrected chi connectivity index (χ1v) is 10.1. The van der Waals surface area contributed by atoms with E-state index in [2.05, 4.69) is 14.5 Å². The largest absolute Gasteiger partial charge is 0.491 e. The summed E-state index contributed by atoms with van der Waals surface area (Å²) in [6.07, 6.45) is -3.57. The zero-order chi connectivity index (χ0) is 22.6. The molecule has 0 amide bonds. The summed E-state index contributed by atoms with van der Waals surface area (Å²) in [5, 5.41) is 7.46. The van der Waals surface area contributed by atoms with Crippen molar-refractivity contribution in [2.24, 2.45) is 5.73 Å². The molecule has 8 nitrogen and oxygen atoms in total. The number of carbonyl (C=O) groups is 2. The van der Waals surface area contributed by atoms with Crippen LogP contribution in [-0.4, -0.2) is 85.6 Å². The Labute approximate surface area is 178 Å². The van der Waals surface area contributed by atoms with Crippen LogP contribution in [0.4, 0.5) is 18.9 Å². The van der Waals surface area contributed by atoms with Crippen molar-refractivity contribution in [1.29, 1.82) is 5.41 Å². The number of anilines is 1. The Balaban J connectivity index is 1.40. The lowest BCUT2D eigenvalue weighted by Crippen LogP contribution is -2.53. The Morgan fingerprint density at radius 1 is 1.03 bits per heavy atom. The van der Waals surface area contributed by atoms with E-state index < -0.39 is 18.1 Å². The molecular formula is C20H26F3N5O3. The number of benzene rings is 1. The highest BCUT2D eigenvalue weighted by molar-refractivity contribution is 5.95. The van der Waals surface area contributed by atoms with E-state index in [0.29, 0.717) is 24.7 Å². The Morgan fingerprint density at radius 2 is 1.61 bits per heavy atom. The number of alkyl halides is 3. The fraction of sp³-hybridized carbons (Fsp3) is 0.550. The number of esters is 2. The van der Waals surface area contributed by atoms with Gasteiger partial charge in [-0.05, 0) is 37.1 Å². The fourth-order valence-corrected chi connectivity index (χ4v) is 4.02. The number of nitrogens with two attached hydrogens (primary N) is 1. The summed E-state index contributed by atoms with van der Waals surface area (Å²) in [6, 6.07) is 7.97. The minimum Gasteiger partial charge on any atom is -0.385 e. The van der Waals surface area contributed by atoms with Crippen LogP contribution < -0.4 is 10.6 Å². The smallest absolute Gasteiger partial charge is 0.385 e. The van der Waals surface area contributed by atoms with Gasteiger partial charge in [-0.1, -0.05) is 0 Å². The van der Waals surface area contributed by atoms with Crippen molar-refractivity contribution in [3.8, 4) is 0 Å². The third-order valence-corrected chi connectivity index (χ3v) is 5.72. The van der Waals surface area contributed by atoms with E-state index in [1.807, 2.05) is 24.3 Å². The van der Waals surface area contributed by atoms with Gasteiger partial charge in [0.2, 0.25) is 0 Å². The number of nitrogens with zero attached hydrogens (tertiary/aromatic N) is 3. The van der Waals surface area contributed by atoms with Gasteiger partial charge in [0.1, 0.15) is 5.84 Å². The predicted molar refractivity (Wildman–Crippen MR) is 108 cm³/mol. The number of hydrogen-bond donors (Lipinski definition) is 2. The summed E-state index contributed by atoms with van der Waals surface area (Å²) in [5.74, 6) is -3.60. The van der Waals surface area contributed by atoms with Crippen molar-refractivity contribution < 1.29 is 27.5 Å². The van der Waals surface area contributed by atoms with E-state index in [1.54, 1.807) is 4.90 Å². The lowest BCUT2D eigenvalue weighted by Gasteiger charge is -2.43. The van der Waals surface area contributed by atoms with Crippen LogP contribution in [0.1, 0.15) is 18.4 Å². The topological polar surface area (TPSA) is 103 Å². The Bertz CT molecular complexity index is 799. The van der Waals surface area contributed by atoms with Crippen molar-refractivity contribution >= 4 is 23.5 Å². The number of piperidine rings is 1. The molecule has 0 atom stereocenters. The van der Waals surface area contributed by atoms with Crippen molar-refractivity contribution in [3.63, 3.8) is 0 Å². The summed E-state index contributed by atoms with van der Waals surface area (Å²) in [7, 11) is 0. The highest BCUT2D eigenvalue weighted by atomic mass is 19.4. The molecule has 3 rings (SSSR count). The first-order chi connectivity index (χ1) is 14.6. The summed E-state index contributed by atoms with van der Waals surface area (Å²) in [4.78, 5) is 28.7. The van der Waals surface area contributed by atoms with E-state index in [9.17, 15) is 22.8 Å². The molecule has 0 radical (unpaired) electrons. The van der Waals surface area contributed by atoms with Crippen LogP contribution in [0.2, 0.25) is 0 Å². The molecule has 170 valence electrons. The normalized spacial score (nSPS) is 19.3. The van der Waals surface area contributed by atoms with Gasteiger partial charge in [-0.25, -0.2) is 4.79 Å². The molecule has 1 aromatic carbocycles. The van der Waals surface area contributed by atoms with Gasteiger partial charge in [-0.3, -0.25) is 20.0 Å². The lowest BCUT2D eigenvalue weighted by atomic mass is 10.0. The average Bonchev–Trinajstić information content (AvgIpc) is 2.74. The summed E-state index contributed by atoms with van der Waals surface area (Å²) in [5.41, 5.74) is 7.28. The van der Waals surface area contributed by atoms with Crippen LogP contribution in [-0.2, 0) is 14.3 Å². The number of nitrogen functional groups attached to an aromatic ring is 1. The Hall–Kier alpha value is -2.66. The van der Waals surface area contributed by atoms with E-state index in [-0.39, 0.29) is 12.4 Å². The number of likely N-dealkylation sites (tertiary alicyclic amines) is 1. The number of nitrogens with one attached hydrogen (secondary N) is 1. The fourth-order valence-electron chi connectivity index (χ4n) is 4.02. The Morgan fingerprint density at radius 3 is 2.13 bits per heavy atom. The quantitative estimate of drug-likeness (QED) is 0.306. The van der Waals surface area contributed by atoms with Gasteiger partial charge in [0.15, 0.2) is 0 Å². The Kier molecular flexibility index (Phi) is 7.16. The number of rotatable bonds is 5. The van der Waals surface area contributed by atoms with Gasteiger partial charge in [0, 0.05) is 56.6 Å². The third-order valence-electron chi connectivity index (χ3n) is 5.72. The maximum absolute atomic E-state index is 12.2. The minimum absolute atomic E-state index is 0.0444. The van der Waals surface area contributed by atoms with Crippen LogP contribution in [0.25, 0.3) is 0 Å². The molecule has 2 heterocycles. The van der Waals surface area contributed by atoms with Crippen LogP contribution in [0.15, 0.2) is 24.3 Å². The molecular weight excluding hydrogens is 415 g/mol. The van der Waals surface area contributed by atoms with Gasteiger partial charge in [0.05, 0.1) is 6.54 Å². The third kappa shape index (κ3) is 6.17. The second-order valence-corrected chi connectivity index (χ2v) is 7.75. The van der Waals surface area contributed by atoms with E-state index in [1.165, 1.54) is 0 Å². The maximum Gasteiger partial charge on any atom is 0.491 e. The maximum atomic E-state index is 12.2. The number of ether oxygens (including phenoxy) is 1. The molecule has 2 aliphatic heterocycles.